The third kappa shape index (κ3) is 6.91. The predicted molar refractivity (Wildman–Crippen MR) is 135 cm³/mol. The van der Waals surface area contributed by atoms with E-state index in [4.69, 9.17) is 4.74 Å². The van der Waals surface area contributed by atoms with Gasteiger partial charge in [-0.1, -0.05) is 26.0 Å². The van der Waals surface area contributed by atoms with Crippen molar-refractivity contribution in [2.45, 2.75) is 32.4 Å². The van der Waals surface area contributed by atoms with Gasteiger partial charge in [-0.25, -0.2) is 23.2 Å². The summed E-state index contributed by atoms with van der Waals surface area (Å²) in [6.07, 6.45) is 6.27. The number of sulfone groups is 1. The molecule has 2 aromatic heterocycles. The van der Waals surface area contributed by atoms with E-state index in [-0.39, 0.29) is 12.2 Å². The van der Waals surface area contributed by atoms with Crippen molar-refractivity contribution in [2.75, 3.05) is 23.0 Å². The zero-order valence-corrected chi connectivity index (χ0v) is 21.0. The van der Waals surface area contributed by atoms with Crippen molar-refractivity contribution >= 4 is 38.0 Å². The second-order valence-electron chi connectivity index (χ2n) is 8.16. The van der Waals surface area contributed by atoms with Gasteiger partial charge >= 0.3 is 6.03 Å². The van der Waals surface area contributed by atoms with Gasteiger partial charge in [-0.15, -0.1) is 17.9 Å². The average molecular weight is 504 g/mol. The first-order valence-corrected chi connectivity index (χ1v) is 13.3. The number of H-pyrrole nitrogens is 1. The lowest BCUT2D eigenvalue weighted by molar-refractivity contribution is 0.260. The Morgan fingerprint density at radius 1 is 1.29 bits per heavy atom. The van der Waals surface area contributed by atoms with Crippen LogP contribution in [0.1, 0.15) is 35.4 Å². The SMILES string of the molecule is C=CC(c1ncc[nH]1)S(=O)(=O)CCc1cnc(NC(=O)Nc2ccc(C)cc2OCC(C)C)s1. The normalized spacial score (nSPS) is 12.4. The van der Waals surface area contributed by atoms with Crippen molar-refractivity contribution in [3.8, 4) is 5.75 Å². The maximum atomic E-state index is 12.7. The molecule has 1 atom stereocenters. The molecule has 0 aliphatic carbocycles. The monoisotopic (exact) mass is 503 g/mol. The summed E-state index contributed by atoms with van der Waals surface area (Å²) in [5.74, 6) is 1.19. The number of hydrogen-bond donors (Lipinski definition) is 3. The molecular weight excluding hydrogens is 474 g/mol. The summed E-state index contributed by atoms with van der Waals surface area (Å²) < 4.78 is 31.3. The van der Waals surface area contributed by atoms with E-state index in [0.717, 1.165) is 10.4 Å². The van der Waals surface area contributed by atoms with Crippen molar-refractivity contribution in [3.05, 3.63) is 65.7 Å². The third-order valence-electron chi connectivity index (χ3n) is 4.75. The quantitative estimate of drug-likeness (QED) is 0.325. The fraction of sp³-hybridized carbons (Fsp3) is 0.348. The minimum Gasteiger partial charge on any atom is -0.491 e. The minimum absolute atomic E-state index is 0.0991. The number of ether oxygens (including phenoxy) is 1. The lowest BCUT2D eigenvalue weighted by atomic mass is 10.2. The van der Waals surface area contributed by atoms with Gasteiger partial charge in [0.2, 0.25) is 0 Å². The van der Waals surface area contributed by atoms with E-state index in [0.29, 0.717) is 34.9 Å². The highest BCUT2D eigenvalue weighted by Crippen LogP contribution is 2.27. The summed E-state index contributed by atoms with van der Waals surface area (Å²) in [5.41, 5.74) is 1.58. The van der Waals surface area contributed by atoms with Crippen LogP contribution in [0.5, 0.6) is 5.75 Å². The Hall–Kier alpha value is -3.18. The van der Waals surface area contributed by atoms with Crippen LogP contribution in [0.2, 0.25) is 0 Å². The molecular formula is C23H29N5O4S2. The number of urea groups is 1. The summed E-state index contributed by atoms with van der Waals surface area (Å²) >= 11 is 1.22. The number of amides is 2. The number of nitrogens with zero attached hydrogens (tertiary/aromatic N) is 2. The number of hydrogen-bond acceptors (Lipinski definition) is 7. The predicted octanol–water partition coefficient (Wildman–Crippen LogP) is 4.74. The van der Waals surface area contributed by atoms with Crippen molar-refractivity contribution in [1.29, 1.82) is 0 Å². The molecule has 0 fully saturated rings. The number of aromatic amines is 1. The number of carbonyl (C=O) groups excluding carboxylic acids is 1. The van der Waals surface area contributed by atoms with E-state index in [1.165, 1.54) is 23.6 Å². The number of benzene rings is 1. The van der Waals surface area contributed by atoms with Gasteiger partial charge in [0.15, 0.2) is 15.0 Å². The van der Waals surface area contributed by atoms with Gasteiger partial charge in [0.1, 0.15) is 16.8 Å². The second kappa shape index (κ2) is 11.3. The van der Waals surface area contributed by atoms with Crippen molar-refractivity contribution in [3.63, 3.8) is 0 Å². The molecule has 0 spiro atoms. The van der Waals surface area contributed by atoms with Gasteiger partial charge in [0, 0.05) is 23.5 Å². The first-order chi connectivity index (χ1) is 16.2. The van der Waals surface area contributed by atoms with Gasteiger partial charge in [-0.3, -0.25) is 5.32 Å². The Morgan fingerprint density at radius 3 is 2.76 bits per heavy atom. The van der Waals surface area contributed by atoms with Crippen LogP contribution in [-0.2, 0) is 16.3 Å². The molecule has 0 aliphatic heterocycles. The molecule has 3 N–H and O–H groups in total. The van der Waals surface area contributed by atoms with Crippen LogP contribution in [0, 0.1) is 12.8 Å². The molecule has 2 heterocycles. The summed E-state index contributed by atoms with van der Waals surface area (Å²) in [5, 5.41) is 4.95. The largest absolute Gasteiger partial charge is 0.491 e. The number of imidazole rings is 1. The molecule has 1 aromatic carbocycles. The maximum Gasteiger partial charge on any atom is 0.325 e. The molecule has 34 heavy (non-hydrogen) atoms. The molecule has 1 unspecified atom stereocenters. The van der Waals surface area contributed by atoms with Crippen LogP contribution in [0.3, 0.4) is 0 Å². The van der Waals surface area contributed by atoms with Crippen molar-refractivity contribution < 1.29 is 17.9 Å². The van der Waals surface area contributed by atoms with Gasteiger partial charge in [-0.05, 0) is 37.0 Å². The Labute approximate surface area is 203 Å². The summed E-state index contributed by atoms with van der Waals surface area (Å²) in [7, 11) is -3.51. The van der Waals surface area contributed by atoms with Crippen LogP contribution in [-0.4, -0.2) is 41.8 Å². The smallest absolute Gasteiger partial charge is 0.325 e. The fourth-order valence-corrected chi connectivity index (χ4v) is 5.53. The first kappa shape index (κ1) is 25.4. The number of anilines is 2. The highest BCUT2D eigenvalue weighted by atomic mass is 32.2. The van der Waals surface area contributed by atoms with Crippen LogP contribution in [0.15, 0.2) is 49.4 Å². The molecule has 0 aliphatic rings. The van der Waals surface area contributed by atoms with Crippen LogP contribution < -0.4 is 15.4 Å². The van der Waals surface area contributed by atoms with Gasteiger partial charge < -0.3 is 15.0 Å². The fourth-order valence-electron chi connectivity index (χ4n) is 3.07. The zero-order valence-electron chi connectivity index (χ0n) is 19.4. The Balaban J connectivity index is 1.59. The number of nitrogens with one attached hydrogen (secondary N) is 3. The van der Waals surface area contributed by atoms with Crippen LogP contribution in [0.4, 0.5) is 15.6 Å². The van der Waals surface area contributed by atoms with E-state index in [1.807, 2.05) is 19.1 Å². The molecule has 0 bridgehead atoms. The van der Waals surface area contributed by atoms with E-state index < -0.39 is 21.1 Å². The summed E-state index contributed by atoms with van der Waals surface area (Å²) in [6.45, 7) is 10.2. The van der Waals surface area contributed by atoms with Gasteiger partial charge in [0.05, 0.1) is 18.0 Å². The highest BCUT2D eigenvalue weighted by molar-refractivity contribution is 7.91. The molecule has 9 nitrogen and oxygen atoms in total. The topological polar surface area (TPSA) is 126 Å². The standard InChI is InChI=1S/C23H29N5O4S2/c1-5-20(21-24-9-10-25-21)34(30,31)11-8-17-13-26-23(33-17)28-22(29)27-18-7-6-16(4)12-19(18)32-14-15(2)3/h5-7,9-10,12-13,15,20H,1,8,11,14H2,2-4H3,(H,24,25)(H2,26,27,28,29). The van der Waals surface area contributed by atoms with Crippen LogP contribution >= 0.6 is 11.3 Å². The number of carbonyl (C=O) groups is 1. The number of thiazole rings is 1. The third-order valence-corrected chi connectivity index (χ3v) is 7.69. The van der Waals surface area contributed by atoms with Gasteiger partial charge in [0.25, 0.3) is 0 Å². The molecule has 182 valence electrons. The molecule has 3 aromatic rings. The molecule has 0 saturated heterocycles. The molecule has 2 amide bonds. The number of aromatic nitrogens is 3. The summed E-state index contributed by atoms with van der Waals surface area (Å²) in [6, 6.07) is 5.09. The van der Waals surface area contributed by atoms with Crippen molar-refractivity contribution in [2.24, 2.45) is 5.92 Å². The number of aryl methyl sites for hydroxylation is 2. The molecule has 0 radical (unpaired) electrons. The molecule has 3 rings (SSSR count). The minimum atomic E-state index is -3.51. The number of rotatable bonds is 11. The van der Waals surface area contributed by atoms with E-state index >= 15 is 0 Å². The lowest BCUT2D eigenvalue weighted by Crippen LogP contribution is -2.20. The Bertz CT molecular complexity index is 1220. The van der Waals surface area contributed by atoms with E-state index in [2.05, 4.69) is 46.0 Å². The molecule has 11 heteroatoms. The average Bonchev–Trinajstić information content (AvgIpc) is 3.45. The Kier molecular flexibility index (Phi) is 8.46. The zero-order chi connectivity index (χ0) is 24.7. The van der Waals surface area contributed by atoms with E-state index in [9.17, 15) is 13.2 Å². The first-order valence-electron chi connectivity index (χ1n) is 10.8. The van der Waals surface area contributed by atoms with E-state index in [1.54, 1.807) is 18.5 Å². The summed E-state index contributed by atoms with van der Waals surface area (Å²) in [4.78, 5) is 24.3. The maximum absolute atomic E-state index is 12.7. The lowest BCUT2D eigenvalue weighted by Gasteiger charge is -2.14. The molecule has 0 saturated carbocycles. The Morgan fingerprint density at radius 2 is 2.09 bits per heavy atom. The van der Waals surface area contributed by atoms with Crippen LogP contribution in [0.25, 0.3) is 0 Å². The highest BCUT2D eigenvalue weighted by Gasteiger charge is 2.26. The second-order valence-corrected chi connectivity index (χ2v) is 11.5. The van der Waals surface area contributed by atoms with Gasteiger partial charge in [-0.2, -0.15) is 0 Å². The van der Waals surface area contributed by atoms with Crippen molar-refractivity contribution in [1.82, 2.24) is 15.0 Å².